The Morgan fingerprint density at radius 1 is 0.842 bits per heavy atom. The molecule has 5 heteroatoms. The van der Waals surface area contributed by atoms with E-state index in [0.29, 0.717) is 30.9 Å². The van der Waals surface area contributed by atoms with Gasteiger partial charge in [-0.25, -0.2) is 0 Å². The number of allylic oxidation sites excluding steroid dienone is 4. The van der Waals surface area contributed by atoms with E-state index in [-0.39, 0.29) is 28.3 Å². The monoisotopic (exact) mass is 513 g/mol. The maximum absolute atomic E-state index is 13.7. The Morgan fingerprint density at radius 3 is 2.00 bits per heavy atom. The molecule has 1 aliphatic heterocycles. The van der Waals surface area contributed by atoms with Crippen molar-refractivity contribution < 1.29 is 19.1 Å². The fourth-order valence-corrected chi connectivity index (χ4v) is 6.44. The van der Waals surface area contributed by atoms with Crippen LogP contribution in [0.3, 0.4) is 0 Å². The molecular formula is C33H39NO4. The van der Waals surface area contributed by atoms with E-state index < -0.39 is 0 Å². The van der Waals surface area contributed by atoms with E-state index in [1.807, 2.05) is 37.4 Å². The largest absolute Gasteiger partial charge is 0.493 e. The summed E-state index contributed by atoms with van der Waals surface area (Å²) >= 11 is 0. The van der Waals surface area contributed by atoms with Crippen LogP contribution in [0.4, 0.5) is 0 Å². The molecular weight excluding hydrogens is 474 g/mol. The van der Waals surface area contributed by atoms with Crippen LogP contribution in [0.15, 0.2) is 65.0 Å². The second-order valence-corrected chi connectivity index (χ2v) is 12.8. The number of methoxy groups -OCH3 is 1. The van der Waals surface area contributed by atoms with E-state index in [9.17, 15) is 9.59 Å². The number of nitrogens with zero attached hydrogens (tertiary/aromatic N) is 1. The molecule has 0 amide bonds. The van der Waals surface area contributed by atoms with Gasteiger partial charge < -0.3 is 14.4 Å². The predicted octanol–water partition coefficient (Wildman–Crippen LogP) is 6.90. The van der Waals surface area contributed by atoms with Crippen LogP contribution < -0.4 is 9.47 Å². The van der Waals surface area contributed by atoms with Crippen LogP contribution >= 0.6 is 0 Å². The number of hydrogen-bond donors (Lipinski definition) is 0. The smallest absolute Gasteiger partial charge is 0.162 e. The van der Waals surface area contributed by atoms with Gasteiger partial charge in [0.25, 0.3) is 0 Å². The first-order valence-electron chi connectivity index (χ1n) is 13.5. The van der Waals surface area contributed by atoms with Crippen molar-refractivity contribution >= 4 is 11.6 Å². The van der Waals surface area contributed by atoms with Crippen molar-refractivity contribution in [1.82, 2.24) is 4.90 Å². The molecule has 0 saturated heterocycles. The molecule has 0 aromatic heterocycles. The highest BCUT2D eigenvalue weighted by Gasteiger charge is 2.48. The standard InChI is InChI=1S/C33H39NO4/c1-20-9-8-10-21(13-20)19-38-27-12-11-22(14-28(27)37-7)29-30-23(15-32(2,3)17-25(30)35)34(6)24-16-33(4,5)18-26(36)31(24)29/h8-14,29H,15-19H2,1-7H3. The van der Waals surface area contributed by atoms with Crippen LogP contribution in [-0.2, 0) is 16.2 Å². The van der Waals surface area contributed by atoms with E-state index >= 15 is 0 Å². The summed E-state index contributed by atoms with van der Waals surface area (Å²) in [6.45, 7) is 11.1. The Kier molecular flexibility index (Phi) is 6.53. The highest BCUT2D eigenvalue weighted by atomic mass is 16.5. The van der Waals surface area contributed by atoms with Crippen LogP contribution in [0.5, 0.6) is 11.5 Å². The number of hydrogen-bond acceptors (Lipinski definition) is 5. The zero-order valence-corrected chi connectivity index (χ0v) is 23.7. The molecule has 2 aliphatic carbocycles. The van der Waals surface area contributed by atoms with Crippen LogP contribution in [0.25, 0.3) is 0 Å². The molecule has 0 fully saturated rings. The number of benzene rings is 2. The first-order chi connectivity index (χ1) is 17.9. The van der Waals surface area contributed by atoms with Gasteiger partial charge >= 0.3 is 0 Å². The zero-order chi connectivity index (χ0) is 27.4. The van der Waals surface area contributed by atoms with Crippen molar-refractivity contribution in [3.8, 4) is 11.5 Å². The third kappa shape index (κ3) is 4.79. The van der Waals surface area contributed by atoms with Gasteiger partial charge in [-0.05, 0) is 53.9 Å². The fraction of sp³-hybridized carbons (Fsp3) is 0.455. The SMILES string of the molecule is COc1cc(C2C3=C(CC(C)(C)CC3=O)N(C)C3=C2C(=O)CC(C)(C)C3)ccc1OCc1cccc(C)c1. The fourth-order valence-electron chi connectivity index (χ4n) is 6.44. The lowest BCUT2D eigenvalue weighted by atomic mass is 9.64. The minimum Gasteiger partial charge on any atom is -0.493 e. The summed E-state index contributed by atoms with van der Waals surface area (Å²) < 4.78 is 11.9. The van der Waals surface area contributed by atoms with Crippen molar-refractivity contribution in [3.05, 3.63) is 81.7 Å². The van der Waals surface area contributed by atoms with Crippen molar-refractivity contribution in [2.24, 2.45) is 10.8 Å². The Morgan fingerprint density at radius 2 is 1.45 bits per heavy atom. The molecule has 0 radical (unpaired) electrons. The van der Waals surface area contributed by atoms with Gasteiger partial charge in [0.05, 0.1) is 7.11 Å². The Balaban J connectivity index is 1.59. The quantitative estimate of drug-likeness (QED) is 0.435. The van der Waals surface area contributed by atoms with E-state index in [2.05, 4.69) is 51.7 Å². The molecule has 2 aromatic rings. The van der Waals surface area contributed by atoms with Crippen LogP contribution in [0.1, 0.15) is 76.0 Å². The number of Topliss-reactive ketones (excluding diaryl/α,β-unsaturated/α-hetero) is 2. The Labute approximate surface area is 226 Å². The summed E-state index contributed by atoms with van der Waals surface area (Å²) in [5, 5.41) is 0. The van der Waals surface area contributed by atoms with Crippen molar-refractivity contribution in [2.45, 2.75) is 72.8 Å². The van der Waals surface area contributed by atoms with Gasteiger partial charge in [-0.1, -0.05) is 63.6 Å². The molecule has 38 heavy (non-hydrogen) atoms. The normalized spacial score (nSPS) is 20.9. The highest BCUT2D eigenvalue weighted by molar-refractivity contribution is 6.06. The average Bonchev–Trinajstić information content (AvgIpc) is 2.83. The van der Waals surface area contributed by atoms with Crippen molar-refractivity contribution in [3.63, 3.8) is 0 Å². The summed E-state index contributed by atoms with van der Waals surface area (Å²) in [7, 11) is 3.66. The van der Waals surface area contributed by atoms with Gasteiger partial charge in [0.1, 0.15) is 6.61 Å². The van der Waals surface area contributed by atoms with Crippen LogP contribution in [-0.4, -0.2) is 30.6 Å². The molecule has 0 N–H and O–H groups in total. The van der Waals surface area contributed by atoms with Crippen LogP contribution in [0, 0.1) is 17.8 Å². The van der Waals surface area contributed by atoms with Gasteiger partial charge in [-0.15, -0.1) is 0 Å². The average molecular weight is 514 g/mol. The van der Waals surface area contributed by atoms with Crippen molar-refractivity contribution in [2.75, 3.05) is 14.2 Å². The van der Waals surface area contributed by atoms with Gasteiger partial charge in [-0.3, -0.25) is 9.59 Å². The summed E-state index contributed by atoms with van der Waals surface area (Å²) in [4.78, 5) is 29.6. The molecule has 5 nitrogen and oxygen atoms in total. The topological polar surface area (TPSA) is 55.8 Å². The second-order valence-electron chi connectivity index (χ2n) is 12.8. The Hall–Kier alpha value is -3.34. The Bertz CT molecular complexity index is 1320. The van der Waals surface area contributed by atoms with Gasteiger partial charge in [0.2, 0.25) is 0 Å². The molecule has 0 spiro atoms. The number of ether oxygens (including phenoxy) is 2. The highest BCUT2D eigenvalue weighted by Crippen LogP contribution is 2.54. The molecule has 0 atom stereocenters. The molecule has 5 rings (SSSR count). The number of rotatable bonds is 5. The van der Waals surface area contributed by atoms with E-state index in [1.165, 1.54) is 5.56 Å². The molecule has 0 unspecified atom stereocenters. The molecule has 200 valence electrons. The molecule has 1 heterocycles. The first-order valence-corrected chi connectivity index (χ1v) is 13.5. The number of aryl methyl sites for hydroxylation is 1. The lowest BCUT2D eigenvalue weighted by Crippen LogP contribution is -2.43. The number of ketones is 2. The van der Waals surface area contributed by atoms with Gasteiger partial charge in [0, 0.05) is 48.3 Å². The number of carbonyl (C=O) groups excluding carboxylic acids is 2. The minimum atomic E-state index is -0.386. The first kappa shape index (κ1) is 26.3. The lowest BCUT2D eigenvalue weighted by molar-refractivity contribution is -0.119. The summed E-state index contributed by atoms with van der Waals surface area (Å²) in [5.41, 5.74) is 6.59. The van der Waals surface area contributed by atoms with E-state index in [1.54, 1.807) is 7.11 Å². The molecule has 0 bridgehead atoms. The predicted molar refractivity (Wildman–Crippen MR) is 149 cm³/mol. The summed E-state index contributed by atoms with van der Waals surface area (Å²) in [6.07, 6.45) is 2.57. The minimum absolute atomic E-state index is 0.119. The second kappa shape index (κ2) is 9.44. The third-order valence-electron chi connectivity index (χ3n) is 8.18. The van der Waals surface area contributed by atoms with Gasteiger partial charge in [0.15, 0.2) is 23.1 Å². The van der Waals surface area contributed by atoms with Crippen LogP contribution in [0.2, 0.25) is 0 Å². The molecule has 3 aliphatic rings. The molecule has 0 saturated carbocycles. The van der Waals surface area contributed by atoms with E-state index in [4.69, 9.17) is 9.47 Å². The maximum atomic E-state index is 13.7. The number of carbonyl (C=O) groups is 2. The zero-order valence-electron chi connectivity index (χ0n) is 23.7. The third-order valence-corrected chi connectivity index (χ3v) is 8.18. The van der Waals surface area contributed by atoms with E-state index in [0.717, 1.165) is 46.5 Å². The lowest BCUT2D eigenvalue weighted by Gasteiger charge is -2.47. The summed E-state index contributed by atoms with van der Waals surface area (Å²) in [6, 6.07) is 14.1. The summed E-state index contributed by atoms with van der Waals surface area (Å²) in [5.74, 6) is 1.13. The molecule has 2 aromatic carbocycles. The maximum Gasteiger partial charge on any atom is 0.162 e. The van der Waals surface area contributed by atoms with Crippen molar-refractivity contribution in [1.29, 1.82) is 0 Å². The van der Waals surface area contributed by atoms with Gasteiger partial charge in [-0.2, -0.15) is 0 Å².